The summed E-state index contributed by atoms with van der Waals surface area (Å²) >= 11 is 6.49. The highest BCUT2D eigenvalue weighted by Crippen LogP contribution is 2.39. The third-order valence-corrected chi connectivity index (χ3v) is 6.55. The van der Waals surface area contributed by atoms with Crippen LogP contribution < -0.4 is 5.32 Å². The van der Waals surface area contributed by atoms with Crippen molar-refractivity contribution in [3.05, 3.63) is 65.1 Å². The number of rotatable bonds is 5. The van der Waals surface area contributed by atoms with Crippen LogP contribution in [0.15, 0.2) is 36.8 Å². The van der Waals surface area contributed by atoms with Gasteiger partial charge in [0, 0.05) is 24.4 Å². The van der Waals surface area contributed by atoms with Gasteiger partial charge < -0.3 is 19.7 Å². The number of benzene rings is 1. The summed E-state index contributed by atoms with van der Waals surface area (Å²) in [5.74, 6) is -3.52. The Morgan fingerprint density at radius 2 is 2.06 bits per heavy atom. The molecule has 4 aromatic rings. The number of aryl methyl sites for hydroxylation is 1. The maximum atomic E-state index is 15.1. The Hall–Kier alpha value is -3.41. The Morgan fingerprint density at radius 3 is 2.72 bits per heavy atom. The van der Waals surface area contributed by atoms with Crippen LogP contribution in [0.4, 0.5) is 13.2 Å². The highest BCUT2D eigenvalue weighted by atomic mass is 35.5. The summed E-state index contributed by atoms with van der Waals surface area (Å²) in [5, 5.41) is 12.0. The molecule has 1 aliphatic heterocycles. The first-order valence-corrected chi connectivity index (χ1v) is 11.5. The molecule has 0 bridgehead atoms. The molecule has 188 valence electrons. The van der Waals surface area contributed by atoms with Crippen molar-refractivity contribution < 1.29 is 27.8 Å². The molecule has 4 heterocycles. The molecule has 36 heavy (non-hydrogen) atoms. The molecule has 0 aliphatic carbocycles. The Bertz CT molecular complexity index is 1460. The predicted octanol–water partition coefficient (Wildman–Crippen LogP) is 3.74. The topological polar surface area (TPSA) is 93.7 Å². The molecule has 8 nitrogen and oxygen atoms in total. The average Bonchev–Trinajstić information content (AvgIpc) is 3.39. The van der Waals surface area contributed by atoms with Crippen molar-refractivity contribution >= 4 is 23.2 Å². The van der Waals surface area contributed by atoms with E-state index in [4.69, 9.17) is 16.3 Å². The van der Waals surface area contributed by atoms with Crippen molar-refractivity contribution in [1.82, 2.24) is 24.3 Å². The van der Waals surface area contributed by atoms with E-state index in [-0.39, 0.29) is 70.1 Å². The van der Waals surface area contributed by atoms with Gasteiger partial charge in [0.25, 0.3) is 5.91 Å². The molecule has 1 aliphatic rings. The number of aliphatic hydroxyl groups is 1. The van der Waals surface area contributed by atoms with Crippen LogP contribution in [0.25, 0.3) is 28.2 Å². The van der Waals surface area contributed by atoms with Crippen LogP contribution in [-0.4, -0.2) is 55.3 Å². The minimum Gasteiger partial charge on any atom is -0.394 e. The molecule has 0 radical (unpaired) electrons. The number of halogens is 4. The zero-order valence-corrected chi connectivity index (χ0v) is 19.8. The second kappa shape index (κ2) is 9.57. The van der Waals surface area contributed by atoms with Gasteiger partial charge in [0.1, 0.15) is 22.2 Å². The molecule has 3 aromatic heterocycles. The van der Waals surface area contributed by atoms with Gasteiger partial charge in [-0.1, -0.05) is 11.6 Å². The minimum atomic E-state index is -1.25. The van der Waals surface area contributed by atoms with E-state index in [1.165, 1.54) is 42.2 Å². The number of carbonyl (C=O) groups excluding carboxylic acids is 1. The number of carbonyl (C=O) groups is 1. The summed E-state index contributed by atoms with van der Waals surface area (Å²) in [6.45, 7) is 0.213. The van der Waals surface area contributed by atoms with Crippen LogP contribution >= 0.6 is 11.6 Å². The van der Waals surface area contributed by atoms with Crippen molar-refractivity contribution in [3.63, 3.8) is 0 Å². The fourth-order valence-electron chi connectivity index (χ4n) is 4.22. The number of nitrogens with zero attached hydrogens (tertiary/aromatic N) is 4. The number of hydrogen-bond donors (Lipinski definition) is 2. The lowest BCUT2D eigenvalue weighted by molar-refractivity contribution is -0.0305. The molecule has 0 spiro atoms. The Kier molecular flexibility index (Phi) is 6.45. The van der Waals surface area contributed by atoms with E-state index in [0.29, 0.717) is 12.8 Å². The molecule has 12 heteroatoms. The van der Waals surface area contributed by atoms with E-state index in [1.54, 1.807) is 0 Å². The van der Waals surface area contributed by atoms with E-state index >= 15 is 4.39 Å². The zero-order valence-electron chi connectivity index (χ0n) is 19.0. The van der Waals surface area contributed by atoms with Crippen LogP contribution in [0.1, 0.15) is 23.2 Å². The number of fused-ring (bicyclic) bond motifs is 1. The summed E-state index contributed by atoms with van der Waals surface area (Å²) in [6.07, 6.45) is 3.75. The van der Waals surface area contributed by atoms with E-state index in [1.807, 2.05) is 0 Å². The molecular weight excluding hydrogens is 499 g/mol. The Balaban J connectivity index is 1.51. The maximum absolute atomic E-state index is 15.1. The third kappa shape index (κ3) is 4.23. The molecule has 0 saturated carbocycles. The molecule has 1 aromatic carbocycles. The van der Waals surface area contributed by atoms with Crippen LogP contribution in [-0.2, 0) is 11.8 Å². The fraction of sp³-hybridized carbons (Fsp3) is 0.292. The van der Waals surface area contributed by atoms with Gasteiger partial charge in [-0.3, -0.25) is 9.20 Å². The number of ether oxygens (including phenoxy) is 1. The molecule has 1 amide bonds. The van der Waals surface area contributed by atoms with Gasteiger partial charge in [-0.05, 0) is 37.1 Å². The van der Waals surface area contributed by atoms with Gasteiger partial charge in [0.15, 0.2) is 11.6 Å². The molecule has 0 unspecified atom stereocenters. The lowest BCUT2D eigenvalue weighted by atomic mass is 10.0. The number of hydrogen-bond acceptors (Lipinski definition) is 5. The van der Waals surface area contributed by atoms with Gasteiger partial charge in [0.05, 0.1) is 37.3 Å². The average molecular weight is 520 g/mol. The van der Waals surface area contributed by atoms with Crippen LogP contribution in [0.2, 0.25) is 5.15 Å². The normalized spacial score (nSPS) is 18.1. The molecule has 1 saturated heterocycles. The number of amides is 1. The second-order valence-corrected chi connectivity index (χ2v) is 8.92. The van der Waals surface area contributed by atoms with Gasteiger partial charge in [-0.15, -0.1) is 0 Å². The number of nitrogens with one attached hydrogen (secondary N) is 1. The minimum absolute atomic E-state index is 0.0197. The van der Waals surface area contributed by atoms with E-state index in [2.05, 4.69) is 15.3 Å². The van der Waals surface area contributed by atoms with Crippen molar-refractivity contribution in [2.45, 2.75) is 25.0 Å². The van der Waals surface area contributed by atoms with Crippen LogP contribution in [0.5, 0.6) is 0 Å². The number of aromatic nitrogens is 4. The monoisotopic (exact) mass is 519 g/mol. The third-order valence-electron chi connectivity index (χ3n) is 6.19. The Morgan fingerprint density at radius 1 is 1.25 bits per heavy atom. The van der Waals surface area contributed by atoms with Crippen molar-refractivity contribution in [2.75, 3.05) is 13.2 Å². The van der Waals surface area contributed by atoms with Gasteiger partial charge in [-0.25, -0.2) is 18.7 Å². The van der Waals surface area contributed by atoms with Crippen molar-refractivity contribution in [2.24, 2.45) is 7.05 Å². The second-order valence-electron chi connectivity index (χ2n) is 8.56. The Labute approximate surface area is 208 Å². The molecule has 2 atom stereocenters. The zero-order chi connectivity index (χ0) is 25.6. The van der Waals surface area contributed by atoms with Crippen molar-refractivity contribution in [1.29, 1.82) is 0 Å². The highest BCUT2D eigenvalue weighted by molar-refractivity contribution is 6.32. The van der Waals surface area contributed by atoms with Gasteiger partial charge in [0.2, 0.25) is 5.95 Å². The molecular formula is C24H21ClF3N5O3. The summed E-state index contributed by atoms with van der Waals surface area (Å²) in [7, 11) is 1.43. The number of imidazole rings is 2. The predicted molar refractivity (Wildman–Crippen MR) is 125 cm³/mol. The van der Waals surface area contributed by atoms with Gasteiger partial charge >= 0.3 is 0 Å². The smallest absolute Gasteiger partial charge is 0.251 e. The largest absolute Gasteiger partial charge is 0.394 e. The quantitative estimate of drug-likeness (QED) is 0.419. The first kappa shape index (κ1) is 24.3. The SMILES string of the molecule is Cn1cnc(-c2ccc(F)c(F)c2-c2nc3cc(C(=O)N[C@@H]4CC[C@@H](CO)OC4)ccn3c2Cl)c1F. The van der Waals surface area contributed by atoms with Crippen LogP contribution in [0.3, 0.4) is 0 Å². The molecule has 1 fully saturated rings. The van der Waals surface area contributed by atoms with E-state index in [0.717, 1.165) is 10.6 Å². The standard InChI is InChI=1S/C24H21ClF3N5O3/c1-32-11-29-20(23(32)28)15-4-5-16(26)19(27)18(15)21-22(25)33-7-6-12(8-17(33)31-21)24(35)30-13-2-3-14(9-34)36-10-13/h4-8,11,13-14,34H,2-3,9-10H2,1H3,(H,30,35)/t13-,14+/m1/s1. The summed E-state index contributed by atoms with van der Waals surface area (Å²) in [4.78, 5) is 21.1. The van der Waals surface area contributed by atoms with E-state index < -0.39 is 17.6 Å². The number of aliphatic hydroxyl groups excluding tert-OH is 1. The summed E-state index contributed by atoms with van der Waals surface area (Å²) < 4.78 is 51.9. The lowest BCUT2D eigenvalue weighted by Crippen LogP contribution is -2.43. The highest BCUT2D eigenvalue weighted by Gasteiger charge is 2.27. The molecule has 2 N–H and O–H groups in total. The molecule has 5 rings (SSSR count). The summed E-state index contributed by atoms with van der Waals surface area (Å²) in [5.41, 5.74) is -0.187. The van der Waals surface area contributed by atoms with E-state index in [9.17, 15) is 18.7 Å². The first-order chi connectivity index (χ1) is 17.3. The maximum Gasteiger partial charge on any atom is 0.251 e. The van der Waals surface area contributed by atoms with Gasteiger partial charge in [-0.2, -0.15) is 4.39 Å². The first-order valence-electron chi connectivity index (χ1n) is 11.1. The van der Waals surface area contributed by atoms with Crippen LogP contribution in [0, 0.1) is 17.6 Å². The van der Waals surface area contributed by atoms with Crippen molar-refractivity contribution in [3.8, 4) is 22.5 Å². The summed E-state index contributed by atoms with van der Waals surface area (Å²) in [6, 6.07) is 4.86. The number of pyridine rings is 1. The fourth-order valence-corrected chi connectivity index (χ4v) is 4.50. The lowest BCUT2D eigenvalue weighted by Gasteiger charge is -2.28.